The summed E-state index contributed by atoms with van der Waals surface area (Å²) in [6.45, 7) is 1.29. The maximum Gasteiger partial charge on any atom is 0.241 e. The van der Waals surface area contributed by atoms with Crippen molar-refractivity contribution in [2.24, 2.45) is 0 Å². The van der Waals surface area contributed by atoms with Crippen LogP contribution in [-0.2, 0) is 30.8 Å². The first-order chi connectivity index (χ1) is 12.3. The van der Waals surface area contributed by atoms with Gasteiger partial charge in [0.25, 0.3) is 0 Å². The van der Waals surface area contributed by atoms with Crippen molar-refractivity contribution in [2.75, 3.05) is 44.7 Å². The Morgan fingerprint density at radius 2 is 1.92 bits per heavy atom. The monoisotopic (exact) mass is 380 g/mol. The molecule has 9 nitrogen and oxygen atoms in total. The minimum Gasteiger partial charge on any atom is -0.342 e. The fourth-order valence-electron chi connectivity index (χ4n) is 3.04. The highest BCUT2D eigenvalue weighted by atomic mass is 32.2. The van der Waals surface area contributed by atoms with Gasteiger partial charge in [-0.2, -0.15) is 0 Å². The number of amides is 3. The minimum absolute atomic E-state index is 0.0259. The molecule has 0 aromatic heterocycles. The van der Waals surface area contributed by atoms with Gasteiger partial charge < -0.3 is 14.7 Å². The Balaban J connectivity index is 1.63. The first-order valence-electron chi connectivity index (χ1n) is 8.18. The maximum absolute atomic E-state index is 12.4. The van der Waals surface area contributed by atoms with E-state index in [1.54, 1.807) is 18.0 Å². The van der Waals surface area contributed by atoms with Gasteiger partial charge in [-0.1, -0.05) is 0 Å². The highest BCUT2D eigenvalue weighted by Gasteiger charge is 2.27. The number of sulfonamides is 1. The number of hydrogen-bond acceptors (Lipinski definition) is 5. The number of carbonyl (C=O) groups is 3. The number of nitrogens with zero attached hydrogens (tertiary/aromatic N) is 3. The van der Waals surface area contributed by atoms with Crippen molar-refractivity contribution in [1.29, 1.82) is 0 Å². The van der Waals surface area contributed by atoms with Crippen LogP contribution in [0.5, 0.6) is 0 Å². The molecule has 3 rings (SSSR count). The number of nitrogens with one attached hydrogen (secondary N) is 1. The van der Waals surface area contributed by atoms with Gasteiger partial charge in [0.15, 0.2) is 0 Å². The van der Waals surface area contributed by atoms with Gasteiger partial charge in [0.1, 0.15) is 0 Å². The molecule has 3 amide bonds. The first-order valence-corrected chi connectivity index (χ1v) is 9.66. The number of piperazine rings is 1. The van der Waals surface area contributed by atoms with E-state index in [-0.39, 0.29) is 29.7 Å². The second kappa shape index (κ2) is 7.04. The Labute approximate surface area is 151 Å². The van der Waals surface area contributed by atoms with Crippen LogP contribution in [0.1, 0.15) is 5.56 Å². The van der Waals surface area contributed by atoms with Crippen LogP contribution in [-0.4, -0.2) is 76.2 Å². The van der Waals surface area contributed by atoms with Crippen molar-refractivity contribution in [3.63, 3.8) is 0 Å². The molecule has 0 atom stereocenters. The smallest absolute Gasteiger partial charge is 0.241 e. The molecule has 2 aliphatic rings. The summed E-state index contributed by atoms with van der Waals surface area (Å²) >= 11 is 0. The zero-order valence-electron chi connectivity index (χ0n) is 14.3. The normalized spacial score (nSPS) is 17.4. The van der Waals surface area contributed by atoms with E-state index in [9.17, 15) is 22.8 Å². The molecule has 0 radical (unpaired) electrons. The standard InChI is InChI=1S/C16H20N4O5S/c1-18-14-3-2-13(8-12(14)9-15(18)22)26(24,25)17-10-16(23)20-6-4-19(11-21)5-7-20/h2-3,8,11,17H,4-7,9-10H2,1H3. The molecule has 0 bridgehead atoms. The lowest BCUT2D eigenvalue weighted by molar-refractivity contribution is -0.134. The van der Waals surface area contributed by atoms with Crippen LogP contribution in [0.2, 0.25) is 0 Å². The largest absolute Gasteiger partial charge is 0.342 e. The lowest BCUT2D eigenvalue weighted by Crippen LogP contribution is -2.50. The van der Waals surface area contributed by atoms with Crippen molar-refractivity contribution < 1.29 is 22.8 Å². The number of carbonyl (C=O) groups excluding carboxylic acids is 3. The third-order valence-electron chi connectivity index (χ3n) is 4.67. The van der Waals surface area contributed by atoms with E-state index in [1.165, 1.54) is 21.9 Å². The Hall–Kier alpha value is -2.46. The predicted octanol–water partition coefficient (Wildman–Crippen LogP) is -1.22. The quantitative estimate of drug-likeness (QED) is 0.645. The van der Waals surface area contributed by atoms with Gasteiger partial charge in [-0.25, -0.2) is 13.1 Å². The molecule has 10 heteroatoms. The molecule has 26 heavy (non-hydrogen) atoms. The number of rotatable bonds is 5. The van der Waals surface area contributed by atoms with E-state index in [0.29, 0.717) is 37.4 Å². The zero-order chi connectivity index (χ0) is 18.9. The van der Waals surface area contributed by atoms with Gasteiger partial charge in [-0.05, 0) is 23.8 Å². The number of benzene rings is 1. The van der Waals surface area contributed by atoms with Crippen molar-refractivity contribution in [3.8, 4) is 0 Å². The third-order valence-corrected chi connectivity index (χ3v) is 6.07. The van der Waals surface area contributed by atoms with Crippen LogP contribution in [0, 0.1) is 0 Å². The molecular weight excluding hydrogens is 360 g/mol. The topological polar surface area (TPSA) is 107 Å². The van der Waals surface area contributed by atoms with Crippen molar-refractivity contribution >= 4 is 33.9 Å². The summed E-state index contributed by atoms with van der Waals surface area (Å²) in [7, 11) is -2.22. The van der Waals surface area contributed by atoms with E-state index in [4.69, 9.17) is 0 Å². The van der Waals surface area contributed by atoms with E-state index in [0.717, 1.165) is 6.41 Å². The van der Waals surface area contributed by atoms with Crippen molar-refractivity contribution in [1.82, 2.24) is 14.5 Å². The average molecular weight is 380 g/mol. The van der Waals surface area contributed by atoms with Crippen LogP contribution in [0.15, 0.2) is 23.1 Å². The second-order valence-corrected chi connectivity index (χ2v) is 8.03. The molecule has 1 aromatic carbocycles. The summed E-state index contributed by atoms with van der Waals surface area (Å²) in [5.74, 6) is -0.428. The molecule has 2 heterocycles. The van der Waals surface area contributed by atoms with Gasteiger partial charge in [-0.3, -0.25) is 14.4 Å². The summed E-state index contributed by atoms with van der Waals surface area (Å²) in [6.07, 6.45) is 0.898. The Morgan fingerprint density at radius 1 is 1.23 bits per heavy atom. The van der Waals surface area contributed by atoms with Crippen LogP contribution in [0.3, 0.4) is 0 Å². The van der Waals surface area contributed by atoms with E-state index >= 15 is 0 Å². The lowest BCUT2D eigenvalue weighted by Gasteiger charge is -2.32. The molecule has 1 saturated heterocycles. The summed E-state index contributed by atoms with van der Waals surface area (Å²) in [5, 5.41) is 0. The SMILES string of the molecule is CN1C(=O)Cc2cc(S(=O)(=O)NCC(=O)N3CCN(C=O)CC3)ccc21. The predicted molar refractivity (Wildman–Crippen MR) is 93.0 cm³/mol. The molecule has 140 valence electrons. The van der Waals surface area contributed by atoms with Gasteiger partial charge in [0.05, 0.1) is 17.9 Å². The molecule has 0 aliphatic carbocycles. The summed E-state index contributed by atoms with van der Waals surface area (Å²) in [5.41, 5.74) is 1.34. The fraction of sp³-hybridized carbons (Fsp3) is 0.438. The van der Waals surface area contributed by atoms with Crippen LogP contribution < -0.4 is 9.62 Å². The van der Waals surface area contributed by atoms with Crippen LogP contribution in [0.4, 0.5) is 5.69 Å². The molecule has 1 aromatic rings. The summed E-state index contributed by atoms with van der Waals surface area (Å²) in [4.78, 5) is 39.2. The van der Waals surface area contributed by atoms with E-state index in [1.807, 2.05) is 0 Å². The maximum atomic E-state index is 12.4. The third kappa shape index (κ3) is 3.56. The van der Waals surface area contributed by atoms with Crippen molar-refractivity contribution in [2.45, 2.75) is 11.3 Å². The number of fused-ring (bicyclic) bond motifs is 1. The molecule has 0 unspecified atom stereocenters. The number of hydrogen-bond donors (Lipinski definition) is 1. The Morgan fingerprint density at radius 3 is 2.58 bits per heavy atom. The second-order valence-electron chi connectivity index (χ2n) is 6.27. The van der Waals surface area contributed by atoms with Crippen molar-refractivity contribution in [3.05, 3.63) is 23.8 Å². The Kier molecular flexibility index (Phi) is 4.97. The molecule has 0 saturated carbocycles. The molecule has 2 aliphatic heterocycles. The van der Waals surface area contributed by atoms with E-state index < -0.39 is 10.0 Å². The lowest BCUT2D eigenvalue weighted by atomic mass is 10.2. The molecular formula is C16H20N4O5S. The van der Waals surface area contributed by atoms with Gasteiger partial charge in [0.2, 0.25) is 28.2 Å². The highest BCUT2D eigenvalue weighted by molar-refractivity contribution is 7.89. The average Bonchev–Trinajstić information content (AvgIpc) is 2.93. The van der Waals surface area contributed by atoms with Gasteiger partial charge in [-0.15, -0.1) is 0 Å². The molecule has 0 spiro atoms. The van der Waals surface area contributed by atoms with Crippen LogP contribution in [0.25, 0.3) is 0 Å². The molecule has 1 N–H and O–H groups in total. The van der Waals surface area contributed by atoms with E-state index in [2.05, 4.69) is 4.72 Å². The first kappa shape index (κ1) is 18.3. The van der Waals surface area contributed by atoms with Gasteiger partial charge in [0, 0.05) is 38.9 Å². The molecule has 1 fully saturated rings. The minimum atomic E-state index is -3.86. The summed E-state index contributed by atoms with van der Waals surface area (Å²) in [6, 6.07) is 4.48. The van der Waals surface area contributed by atoms with Gasteiger partial charge >= 0.3 is 0 Å². The number of likely N-dealkylation sites (N-methyl/N-ethyl adjacent to an activating group) is 1. The Bertz CT molecular complexity index is 846. The summed E-state index contributed by atoms with van der Waals surface area (Å²) < 4.78 is 27.2. The number of anilines is 1. The highest BCUT2D eigenvalue weighted by Crippen LogP contribution is 2.29. The fourth-order valence-corrected chi connectivity index (χ4v) is 4.07. The zero-order valence-corrected chi connectivity index (χ0v) is 15.2. The van der Waals surface area contributed by atoms with Crippen LogP contribution >= 0.6 is 0 Å².